The SMILES string of the molecule is O=C1C(=Cc2cc3c(s2)C2=C(c4sc(C=C5C(=O)c6cc(F)c(F)cc6C5=O)cc4C2(C(=O)OCc2ccccc2)C(=O)OCc2ccccc2)C3(C(=O)OCc2ccccc2)C(=O)OCc2ccccc2)C(=O)c2cc(F)c(F)cc21. The Morgan fingerprint density at radius 2 is 0.622 bits per heavy atom. The first-order chi connectivity index (χ1) is 39.6. The zero-order chi connectivity index (χ0) is 57.2. The van der Waals surface area contributed by atoms with Crippen LogP contribution in [0.4, 0.5) is 17.6 Å². The highest BCUT2D eigenvalue weighted by molar-refractivity contribution is 7.16. The fraction of sp³-hybridized carbons (Fsp3) is 0.0938. The highest BCUT2D eigenvalue weighted by atomic mass is 32.1. The molecular formula is C64H36F4O12S2. The van der Waals surface area contributed by atoms with E-state index >= 15 is 19.2 Å². The Kier molecular flexibility index (Phi) is 13.4. The van der Waals surface area contributed by atoms with Crippen LogP contribution in [0, 0.1) is 23.3 Å². The van der Waals surface area contributed by atoms with Crippen LogP contribution < -0.4 is 0 Å². The van der Waals surface area contributed by atoms with Gasteiger partial charge in [0.2, 0.25) is 10.8 Å². The van der Waals surface area contributed by atoms with Crippen LogP contribution in [0.2, 0.25) is 0 Å². The van der Waals surface area contributed by atoms with Crippen molar-refractivity contribution in [3.8, 4) is 0 Å². The molecule has 2 aromatic heterocycles. The molecule has 0 atom stereocenters. The minimum absolute atomic E-state index is 0.0336. The lowest BCUT2D eigenvalue weighted by molar-refractivity contribution is -0.165. The molecule has 82 heavy (non-hydrogen) atoms. The van der Waals surface area contributed by atoms with Crippen LogP contribution >= 0.6 is 22.7 Å². The molecule has 0 unspecified atom stereocenters. The van der Waals surface area contributed by atoms with Crippen LogP contribution in [0.5, 0.6) is 0 Å². The van der Waals surface area contributed by atoms with Crippen molar-refractivity contribution in [2.24, 2.45) is 0 Å². The van der Waals surface area contributed by atoms with Crippen molar-refractivity contribution in [3.63, 3.8) is 0 Å². The van der Waals surface area contributed by atoms with Crippen LogP contribution in [0.25, 0.3) is 23.3 Å². The number of hydrogen-bond acceptors (Lipinski definition) is 14. The Balaban J connectivity index is 1.13. The van der Waals surface area contributed by atoms with Gasteiger partial charge in [0.25, 0.3) is 0 Å². The molecule has 0 N–H and O–H groups in total. The number of benzene rings is 6. The van der Waals surface area contributed by atoms with E-state index in [0.717, 1.165) is 34.8 Å². The number of Topliss-reactive ketones (excluding diaryl/α,β-unsaturated/α-hetero) is 4. The fourth-order valence-corrected chi connectivity index (χ4v) is 13.2. The number of thiophene rings is 2. The van der Waals surface area contributed by atoms with Gasteiger partial charge in [0.15, 0.2) is 46.4 Å². The molecule has 0 spiro atoms. The molecule has 0 radical (unpaired) electrons. The average molecular weight is 1140 g/mol. The van der Waals surface area contributed by atoms with E-state index in [9.17, 15) is 36.7 Å². The third kappa shape index (κ3) is 8.56. The maximum atomic E-state index is 16.0. The number of ketones is 4. The molecule has 12 rings (SSSR count). The van der Waals surface area contributed by atoms with Crippen LogP contribution in [0.15, 0.2) is 169 Å². The monoisotopic (exact) mass is 1140 g/mol. The van der Waals surface area contributed by atoms with Gasteiger partial charge in [-0.1, -0.05) is 121 Å². The van der Waals surface area contributed by atoms with E-state index in [1.165, 1.54) is 12.1 Å². The van der Waals surface area contributed by atoms with Crippen molar-refractivity contribution in [2.75, 3.05) is 0 Å². The predicted octanol–water partition coefficient (Wildman–Crippen LogP) is 11.7. The summed E-state index contributed by atoms with van der Waals surface area (Å²) in [6, 6.07) is 38.5. The average Bonchev–Trinajstić information content (AvgIpc) is 1.59. The molecule has 12 nitrogen and oxygen atoms in total. The number of hydrogen-bond donors (Lipinski definition) is 0. The number of carbonyl (C=O) groups excluding carboxylic acids is 8. The molecular weight excluding hydrogens is 1100 g/mol. The third-order valence-corrected chi connectivity index (χ3v) is 16.7. The summed E-state index contributed by atoms with van der Waals surface area (Å²) in [6.07, 6.45) is 2.20. The second kappa shape index (κ2) is 20.7. The Bertz CT molecular complexity index is 3730. The molecule has 6 aromatic carbocycles. The molecule has 4 aliphatic rings. The third-order valence-electron chi connectivity index (χ3n) is 14.5. The van der Waals surface area contributed by atoms with E-state index in [4.69, 9.17) is 18.9 Å². The molecule has 4 aliphatic carbocycles. The minimum atomic E-state index is -2.85. The Morgan fingerprint density at radius 1 is 0.378 bits per heavy atom. The Hall–Kier alpha value is -9.78. The molecule has 404 valence electrons. The molecule has 0 fully saturated rings. The van der Waals surface area contributed by atoms with Gasteiger partial charge in [-0.15, -0.1) is 22.7 Å². The van der Waals surface area contributed by atoms with Gasteiger partial charge in [-0.05, 0) is 70.8 Å². The van der Waals surface area contributed by atoms with E-state index < -0.39 is 141 Å². The zero-order valence-corrected chi connectivity index (χ0v) is 43.9. The quantitative estimate of drug-likeness (QED) is 0.0252. The molecule has 8 aromatic rings. The first-order valence-corrected chi connectivity index (χ1v) is 26.7. The first-order valence-electron chi connectivity index (χ1n) is 25.1. The number of carbonyl (C=O) groups is 8. The number of allylic oxidation sites excluding steroid dienone is 2. The summed E-state index contributed by atoms with van der Waals surface area (Å²) in [5, 5.41) is 0. The molecule has 0 saturated carbocycles. The topological polar surface area (TPSA) is 173 Å². The predicted molar refractivity (Wildman–Crippen MR) is 290 cm³/mol. The summed E-state index contributed by atoms with van der Waals surface area (Å²) in [5.41, 5.74) is -7.84. The molecule has 2 heterocycles. The van der Waals surface area contributed by atoms with Gasteiger partial charge < -0.3 is 18.9 Å². The Morgan fingerprint density at radius 3 is 0.866 bits per heavy atom. The second-order valence-corrected chi connectivity index (χ2v) is 21.5. The summed E-state index contributed by atoms with van der Waals surface area (Å²) < 4.78 is 83.0. The second-order valence-electron chi connectivity index (χ2n) is 19.3. The summed E-state index contributed by atoms with van der Waals surface area (Å²) >= 11 is 1.46. The Labute approximate surface area is 470 Å². The van der Waals surface area contributed by atoms with Crippen LogP contribution in [0.3, 0.4) is 0 Å². The molecule has 18 heteroatoms. The maximum Gasteiger partial charge on any atom is 0.333 e. The van der Waals surface area contributed by atoms with Crippen LogP contribution in [-0.2, 0) is 75.4 Å². The van der Waals surface area contributed by atoms with E-state index in [1.807, 2.05) is 0 Å². The van der Waals surface area contributed by atoms with Gasteiger partial charge in [0, 0.05) is 64.0 Å². The summed E-state index contributed by atoms with van der Waals surface area (Å²) in [7, 11) is 0. The van der Waals surface area contributed by atoms with Crippen molar-refractivity contribution in [2.45, 2.75) is 37.3 Å². The highest BCUT2D eigenvalue weighted by Crippen LogP contribution is 2.68. The normalized spacial score (nSPS) is 14.9. The van der Waals surface area contributed by atoms with Gasteiger partial charge in [-0.2, -0.15) is 0 Å². The fourth-order valence-electron chi connectivity index (χ4n) is 10.6. The summed E-state index contributed by atoms with van der Waals surface area (Å²) in [4.78, 5) is 119. The molecule has 0 saturated heterocycles. The van der Waals surface area contributed by atoms with Crippen molar-refractivity contribution in [1.29, 1.82) is 0 Å². The standard InChI is InChI=1S/C64H36F4O12S2/c65-47-25-39-40(26-48(47)66)54(70)43(53(39)69)21-37-23-45-57(81-37)52-51(63(45,59(73)77-29-33-13-5-1-6-14-33)60(74)78-30-34-15-7-2-8-16-34)58-46(24-38(82-58)22-44-55(71)41-27-49(67)50(68)28-42(41)56(44)72)64(52,61(75)79-31-35-17-9-3-10-18-35)62(76)80-32-36-19-11-4-12-20-36/h1-28H,29-32H2. The molecule has 0 bridgehead atoms. The van der Waals surface area contributed by atoms with Crippen molar-refractivity contribution in [1.82, 2.24) is 0 Å². The maximum absolute atomic E-state index is 16.0. The number of rotatable bonds is 14. The molecule has 0 amide bonds. The highest BCUT2D eigenvalue weighted by Gasteiger charge is 2.72. The number of halogens is 4. The summed E-state index contributed by atoms with van der Waals surface area (Å²) in [6.45, 7) is -1.81. The smallest absolute Gasteiger partial charge is 0.333 e. The van der Waals surface area contributed by atoms with Gasteiger partial charge in [0.1, 0.15) is 26.4 Å². The van der Waals surface area contributed by atoms with Gasteiger partial charge in [0.05, 0.1) is 11.1 Å². The molecule has 0 aliphatic heterocycles. The van der Waals surface area contributed by atoms with E-state index in [1.54, 1.807) is 121 Å². The van der Waals surface area contributed by atoms with Gasteiger partial charge in [-0.3, -0.25) is 38.4 Å². The zero-order valence-electron chi connectivity index (χ0n) is 42.2. The van der Waals surface area contributed by atoms with Crippen molar-refractivity contribution < 1.29 is 74.9 Å². The summed E-state index contributed by atoms with van der Waals surface area (Å²) in [5.74, 6) is -14.6. The largest absolute Gasteiger partial charge is 0.459 e. The van der Waals surface area contributed by atoms with Crippen LogP contribution in [0.1, 0.15) is 94.3 Å². The first kappa shape index (κ1) is 52.9. The van der Waals surface area contributed by atoms with E-state index in [-0.39, 0.29) is 41.8 Å². The van der Waals surface area contributed by atoms with E-state index in [0.29, 0.717) is 46.5 Å². The number of esters is 4. The number of ether oxygens (including phenoxy) is 4. The number of fused-ring (bicyclic) bond motifs is 6. The minimum Gasteiger partial charge on any atom is -0.459 e. The van der Waals surface area contributed by atoms with E-state index in [2.05, 4.69) is 0 Å². The van der Waals surface area contributed by atoms with Gasteiger partial charge in [-0.25, -0.2) is 17.6 Å². The lowest BCUT2D eigenvalue weighted by Crippen LogP contribution is -2.45. The van der Waals surface area contributed by atoms with Gasteiger partial charge >= 0.3 is 23.9 Å². The van der Waals surface area contributed by atoms with Crippen molar-refractivity contribution in [3.05, 3.63) is 267 Å². The van der Waals surface area contributed by atoms with Crippen molar-refractivity contribution >= 4 is 93.0 Å². The lowest BCUT2D eigenvalue weighted by Gasteiger charge is -2.29. The van der Waals surface area contributed by atoms with Crippen LogP contribution in [-0.4, -0.2) is 47.0 Å². The lowest BCUT2D eigenvalue weighted by atomic mass is 9.76.